The van der Waals surface area contributed by atoms with Crippen LogP contribution in [0.4, 0.5) is 0 Å². The quantitative estimate of drug-likeness (QED) is 0.662. The Balaban J connectivity index is 1.22. The average molecular weight is 391 g/mol. The highest BCUT2D eigenvalue weighted by molar-refractivity contribution is 7.99. The fourth-order valence-corrected chi connectivity index (χ4v) is 7.08. The van der Waals surface area contributed by atoms with E-state index in [0.29, 0.717) is 18.4 Å². The molecule has 0 radical (unpaired) electrons. The second-order valence-electron chi connectivity index (χ2n) is 9.68. The molecule has 3 saturated heterocycles. The first-order valence-corrected chi connectivity index (χ1v) is 12.6. The zero-order valence-electron chi connectivity index (χ0n) is 16.5. The molecule has 4 nitrogen and oxygen atoms in total. The smallest absolute Gasteiger partial charge is 0.246 e. The van der Waals surface area contributed by atoms with Crippen LogP contribution in [0.25, 0.3) is 0 Å². The minimum atomic E-state index is -0.147. The van der Waals surface area contributed by atoms with E-state index in [-0.39, 0.29) is 17.9 Å². The van der Waals surface area contributed by atoms with Gasteiger partial charge in [0.25, 0.3) is 0 Å². The molecule has 6 rings (SSSR count). The fraction of sp³-hybridized carbons (Fsp3) is 0.909. The third-order valence-electron chi connectivity index (χ3n) is 7.87. The molecule has 0 aromatic carbocycles. The van der Waals surface area contributed by atoms with E-state index in [1.807, 2.05) is 16.7 Å². The van der Waals surface area contributed by atoms with Crippen molar-refractivity contribution in [2.45, 2.75) is 82.7 Å². The molecule has 6 aliphatic rings. The SMILES string of the molecule is O=C([C@@H]1C2CCC(CC2)N1C(=O)CCCC(C1CC1)C1CC1)N1CCSC1. The lowest BCUT2D eigenvalue weighted by Crippen LogP contribution is -2.62. The summed E-state index contributed by atoms with van der Waals surface area (Å²) in [5.74, 6) is 5.64. The van der Waals surface area contributed by atoms with Crippen molar-refractivity contribution in [2.24, 2.45) is 23.7 Å². The molecule has 2 amide bonds. The summed E-state index contributed by atoms with van der Waals surface area (Å²) >= 11 is 1.84. The number of piperidine rings is 2. The maximum Gasteiger partial charge on any atom is 0.246 e. The molecule has 6 fully saturated rings. The van der Waals surface area contributed by atoms with Crippen LogP contribution < -0.4 is 0 Å². The van der Waals surface area contributed by atoms with Gasteiger partial charge < -0.3 is 9.80 Å². The minimum Gasteiger partial charge on any atom is -0.331 e. The predicted molar refractivity (Wildman–Crippen MR) is 108 cm³/mol. The van der Waals surface area contributed by atoms with Crippen LogP contribution in [0.5, 0.6) is 0 Å². The van der Waals surface area contributed by atoms with Gasteiger partial charge in [-0.25, -0.2) is 0 Å². The van der Waals surface area contributed by atoms with Gasteiger partial charge in [-0.3, -0.25) is 9.59 Å². The Morgan fingerprint density at radius 2 is 1.67 bits per heavy atom. The van der Waals surface area contributed by atoms with Crippen molar-refractivity contribution in [1.82, 2.24) is 9.80 Å². The van der Waals surface area contributed by atoms with Gasteiger partial charge in [-0.05, 0) is 87.9 Å². The maximum atomic E-state index is 13.2. The molecule has 0 aromatic rings. The first-order valence-electron chi connectivity index (χ1n) is 11.4. The lowest BCUT2D eigenvalue weighted by atomic mass is 9.74. The molecular weight excluding hydrogens is 356 g/mol. The average Bonchev–Trinajstić information content (AvgIpc) is 3.64. The number of carbonyl (C=O) groups excluding carboxylic acids is 2. The van der Waals surface area contributed by atoms with Gasteiger partial charge in [-0.1, -0.05) is 0 Å². The van der Waals surface area contributed by atoms with Crippen LogP contribution in [0.3, 0.4) is 0 Å². The number of hydrogen-bond donors (Lipinski definition) is 0. The third-order valence-corrected chi connectivity index (χ3v) is 8.83. The summed E-state index contributed by atoms with van der Waals surface area (Å²) in [6.07, 6.45) is 13.1. The second kappa shape index (κ2) is 7.61. The topological polar surface area (TPSA) is 40.6 Å². The van der Waals surface area contributed by atoms with Gasteiger partial charge >= 0.3 is 0 Å². The van der Waals surface area contributed by atoms with Gasteiger partial charge in [0.05, 0.1) is 5.88 Å². The number of nitrogens with zero attached hydrogens (tertiary/aromatic N) is 2. The van der Waals surface area contributed by atoms with E-state index in [0.717, 1.165) is 68.0 Å². The summed E-state index contributed by atoms with van der Waals surface area (Å²) in [5, 5.41) is 0. The minimum absolute atomic E-state index is 0.147. The Morgan fingerprint density at radius 1 is 0.963 bits per heavy atom. The molecule has 27 heavy (non-hydrogen) atoms. The van der Waals surface area contributed by atoms with E-state index in [9.17, 15) is 9.59 Å². The summed E-state index contributed by atoms with van der Waals surface area (Å²) in [4.78, 5) is 30.5. The molecule has 0 aromatic heterocycles. The van der Waals surface area contributed by atoms with Gasteiger partial charge in [0.1, 0.15) is 6.04 Å². The monoisotopic (exact) mass is 390 g/mol. The Hall–Kier alpha value is -0.710. The molecule has 0 spiro atoms. The lowest BCUT2D eigenvalue weighted by Gasteiger charge is -2.51. The van der Waals surface area contributed by atoms with Gasteiger partial charge in [-0.15, -0.1) is 11.8 Å². The Bertz CT molecular complexity index is 563. The summed E-state index contributed by atoms with van der Waals surface area (Å²) in [6, 6.07) is 0.181. The van der Waals surface area contributed by atoms with E-state index >= 15 is 0 Å². The van der Waals surface area contributed by atoms with Crippen LogP contribution in [-0.2, 0) is 9.59 Å². The summed E-state index contributed by atoms with van der Waals surface area (Å²) in [5.41, 5.74) is 0. The first kappa shape index (κ1) is 18.3. The van der Waals surface area contributed by atoms with Crippen molar-refractivity contribution in [3.8, 4) is 0 Å². The highest BCUT2D eigenvalue weighted by atomic mass is 32.2. The van der Waals surface area contributed by atoms with Gasteiger partial charge in [0, 0.05) is 24.8 Å². The zero-order valence-corrected chi connectivity index (χ0v) is 17.3. The molecule has 5 heteroatoms. The van der Waals surface area contributed by atoms with Crippen LogP contribution >= 0.6 is 11.8 Å². The number of rotatable bonds is 7. The summed E-state index contributed by atoms with van der Waals surface area (Å²) in [7, 11) is 0. The second-order valence-corrected chi connectivity index (χ2v) is 10.8. The Kier molecular flexibility index (Phi) is 5.16. The molecular formula is C22H34N2O2S. The van der Waals surface area contributed by atoms with Crippen LogP contribution in [0.2, 0.25) is 0 Å². The van der Waals surface area contributed by atoms with Crippen molar-refractivity contribution in [2.75, 3.05) is 18.2 Å². The number of fused-ring (bicyclic) bond motifs is 3. The normalized spacial score (nSPS) is 33.1. The van der Waals surface area contributed by atoms with E-state index in [1.54, 1.807) is 0 Å². The van der Waals surface area contributed by atoms with E-state index in [1.165, 1.54) is 32.1 Å². The summed E-state index contributed by atoms with van der Waals surface area (Å²) in [6.45, 7) is 0.865. The standard InChI is InChI=1S/C22H34N2O2S/c25-20(3-1-2-19(15-4-5-15)16-6-7-16)24-18-10-8-17(9-11-18)21(24)22(26)23-12-13-27-14-23/h15-19,21H,1-14H2/t17?,18?,21-/m0/s1. The largest absolute Gasteiger partial charge is 0.331 e. The van der Waals surface area contributed by atoms with Crippen LogP contribution in [0.15, 0.2) is 0 Å². The molecule has 1 atom stereocenters. The zero-order chi connectivity index (χ0) is 18.4. The highest BCUT2D eigenvalue weighted by Gasteiger charge is 2.48. The number of thioether (sulfide) groups is 1. The van der Waals surface area contributed by atoms with Crippen LogP contribution in [-0.4, -0.2) is 51.9 Å². The Labute approximate surface area is 167 Å². The predicted octanol–water partition coefficient (Wildman–Crippen LogP) is 3.90. The first-order chi connectivity index (χ1) is 13.2. The number of hydrogen-bond acceptors (Lipinski definition) is 3. The van der Waals surface area contributed by atoms with Gasteiger partial charge in [0.2, 0.25) is 11.8 Å². The molecule has 2 bridgehead atoms. The van der Waals surface area contributed by atoms with Crippen LogP contribution in [0.1, 0.15) is 70.6 Å². The number of carbonyl (C=O) groups is 2. The molecule has 3 aliphatic carbocycles. The van der Waals surface area contributed by atoms with Crippen molar-refractivity contribution in [1.29, 1.82) is 0 Å². The van der Waals surface area contributed by atoms with Crippen molar-refractivity contribution in [3.63, 3.8) is 0 Å². The molecule has 0 unspecified atom stereocenters. The van der Waals surface area contributed by atoms with Gasteiger partial charge in [-0.2, -0.15) is 0 Å². The van der Waals surface area contributed by atoms with Crippen molar-refractivity contribution in [3.05, 3.63) is 0 Å². The summed E-state index contributed by atoms with van der Waals surface area (Å²) < 4.78 is 0. The maximum absolute atomic E-state index is 13.2. The highest BCUT2D eigenvalue weighted by Crippen LogP contribution is 2.51. The third kappa shape index (κ3) is 3.77. The Morgan fingerprint density at radius 3 is 2.26 bits per heavy atom. The number of amides is 2. The molecule has 0 N–H and O–H groups in total. The molecule has 150 valence electrons. The lowest BCUT2D eigenvalue weighted by molar-refractivity contribution is -0.158. The molecule has 3 heterocycles. The molecule has 3 aliphatic heterocycles. The van der Waals surface area contributed by atoms with E-state index in [4.69, 9.17) is 0 Å². The fourth-order valence-electron chi connectivity index (χ4n) is 6.13. The molecule has 3 saturated carbocycles. The van der Waals surface area contributed by atoms with E-state index in [2.05, 4.69) is 4.90 Å². The van der Waals surface area contributed by atoms with Crippen molar-refractivity contribution >= 4 is 23.6 Å². The van der Waals surface area contributed by atoms with E-state index < -0.39 is 0 Å². The van der Waals surface area contributed by atoms with Gasteiger partial charge in [0.15, 0.2) is 0 Å². The van der Waals surface area contributed by atoms with Crippen molar-refractivity contribution < 1.29 is 9.59 Å². The van der Waals surface area contributed by atoms with Crippen LogP contribution in [0, 0.1) is 23.7 Å².